The highest BCUT2D eigenvalue weighted by molar-refractivity contribution is 7.21. The van der Waals surface area contributed by atoms with E-state index in [4.69, 9.17) is 0 Å². The van der Waals surface area contributed by atoms with Gasteiger partial charge in [0.2, 0.25) is 0 Å². The van der Waals surface area contributed by atoms with Crippen molar-refractivity contribution in [2.45, 2.75) is 39.2 Å². The van der Waals surface area contributed by atoms with Crippen molar-refractivity contribution in [2.75, 3.05) is 25.0 Å². The Hall–Kier alpha value is -3.57. The van der Waals surface area contributed by atoms with Gasteiger partial charge < -0.3 is 15.2 Å². The smallest absolute Gasteiger partial charge is 0.260 e. The average Bonchev–Trinajstić information content (AvgIpc) is 3.59. The number of hydrogen-bond acceptors (Lipinski definition) is 7. The van der Waals surface area contributed by atoms with Crippen LogP contribution in [0.5, 0.6) is 0 Å². The molecule has 2 amide bonds. The zero-order chi connectivity index (χ0) is 25.4. The molecule has 1 aliphatic rings. The Morgan fingerprint density at radius 2 is 2.03 bits per heavy atom. The van der Waals surface area contributed by atoms with Gasteiger partial charge in [-0.2, -0.15) is 5.10 Å². The Bertz CT molecular complexity index is 1440. The number of anilines is 1. The van der Waals surface area contributed by atoms with Crippen molar-refractivity contribution < 1.29 is 12.4 Å². The van der Waals surface area contributed by atoms with Crippen molar-refractivity contribution >= 4 is 33.7 Å². The number of carbonyl (C=O) groups excluding carboxylic acids is 2. The molecular weight excluding hydrogens is 476 g/mol. The van der Waals surface area contributed by atoms with E-state index in [1.807, 2.05) is 24.0 Å². The summed E-state index contributed by atoms with van der Waals surface area (Å²) in [5.74, 6) is -0.515. The molecule has 0 radical (unpaired) electrons. The summed E-state index contributed by atoms with van der Waals surface area (Å²) in [5.41, 5.74) is 2.98. The predicted octanol–water partition coefficient (Wildman–Crippen LogP) is 3.85. The first-order valence-corrected chi connectivity index (χ1v) is 12.8. The van der Waals surface area contributed by atoms with Crippen LogP contribution in [0, 0.1) is 6.92 Å². The second kappa shape index (κ2) is 9.47. The summed E-state index contributed by atoms with van der Waals surface area (Å²) in [6.07, 6.45) is 11.0. The Kier molecular flexibility index (Phi) is 6.35. The maximum absolute atomic E-state index is 13.1. The molecule has 1 fully saturated rings. The van der Waals surface area contributed by atoms with E-state index in [1.165, 1.54) is 30.4 Å². The first-order valence-electron chi connectivity index (χ1n) is 12.0. The molecule has 36 heavy (non-hydrogen) atoms. The number of pyridine rings is 1. The largest absolute Gasteiger partial charge is 0.351 e. The van der Waals surface area contributed by atoms with Crippen LogP contribution in [0.3, 0.4) is 0 Å². The summed E-state index contributed by atoms with van der Waals surface area (Å²) >= 11 is 1.45. The summed E-state index contributed by atoms with van der Waals surface area (Å²) in [7, 11) is 1.91. The molecule has 4 aromatic heterocycles. The van der Waals surface area contributed by atoms with Gasteiger partial charge in [-0.3, -0.25) is 19.5 Å². The third kappa shape index (κ3) is 4.76. The molecule has 4 aromatic rings. The zero-order valence-electron chi connectivity index (χ0n) is 20.9. The van der Waals surface area contributed by atoms with Gasteiger partial charge in [0, 0.05) is 47.1 Å². The van der Waals surface area contributed by atoms with Crippen LogP contribution in [0.25, 0.3) is 15.4 Å². The Labute approximate surface area is 216 Å². The lowest BCUT2D eigenvalue weighted by molar-refractivity contribution is 0.0938. The van der Waals surface area contributed by atoms with Crippen molar-refractivity contribution in [1.82, 2.24) is 34.4 Å². The SMILES string of the molecule is Cc1ncc(C(=O)NCCN2CCCC2(C)C)cc1NC(=O)c1cnn2cc(-c3cn(C)cn3)sc12.[HH].[HH]. The van der Waals surface area contributed by atoms with E-state index >= 15 is 0 Å². The van der Waals surface area contributed by atoms with Crippen molar-refractivity contribution in [3.8, 4) is 10.6 Å². The highest BCUT2D eigenvalue weighted by Crippen LogP contribution is 2.30. The van der Waals surface area contributed by atoms with Gasteiger partial charge >= 0.3 is 0 Å². The molecule has 0 aliphatic carbocycles. The van der Waals surface area contributed by atoms with E-state index < -0.39 is 0 Å². The lowest BCUT2D eigenvalue weighted by Crippen LogP contribution is -2.43. The summed E-state index contributed by atoms with van der Waals surface area (Å²) < 4.78 is 3.55. The van der Waals surface area contributed by atoms with Crippen molar-refractivity contribution in [1.29, 1.82) is 0 Å². The average molecular weight is 511 g/mol. The number of imidazole rings is 1. The third-order valence-corrected chi connectivity index (χ3v) is 7.87. The van der Waals surface area contributed by atoms with Crippen LogP contribution in [-0.4, -0.2) is 66.0 Å². The molecule has 5 heterocycles. The number of nitrogens with one attached hydrogen (secondary N) is 2. The second-order valence-corrected chi connectivity index (χ2v) is 10.8. The van der Waals surface area contributed by atoms with Crippen LogP contribution in [0.1, 0.15) is 56.0 Å². The van der Waals surface area contributed by atoms with E-state index in [-0.39, 0.29) is 20.2 Å². The lowest BCUT2D eigenvalue weighted by Gasteiger charge is -2.31. The van der Waals surface area contributed by atoms with E-state index in [1.54, 1.807) is 30.0 Å². The van der Waals surface area contributed by atoms with Gasteiger partial charge in [-0.25, -0.2) is 9.50 Å². The van der Waals surface area contributed by atoms with E-state index in [0.717, 1.165) is 28.5 Å². The summed E-state index contributed by atoms with van der Waals surface area (Å²) in [6.45, 7) is 8.70. The number of likely N-dealkylation sites (tertiary alicyclic amines) is 1. The van der Waals surface area contributed by atoms with Gasteiger partial charge in [0.15, 0.2) is 0 Å². The minimum Gasteiger partial charge on any atom is -0.351 e. The van der Waals surface area contributed by atoms with E-state index in [2.05, 4.69) is 44.4 Å². The highest BCUT2D eigenvalue weighted by Gasteiger charge is 2.31. The van der Waals surface area contributed by atoms with Gasteiger partial charge in [0.05, 0.1) is 45.6 Å². The van der Waals surface area contributed by atoms with Crippen molar-refractivity contribution in [2.24, 2.45) is 7.05 Å². The zero-order valence-corrected chi connectivity index (χ0v) is 21.7. The standard InChI is InChI=1S/C25H30N8O2S.2H2/c1-16-19(10-17(11-27-16)22(34)26-7-9-32-8-5-6-25(32,2)3)30-23(35)18-12-29-33-14-21(36-24(18)33)20-13-31(4)15-28-20;;/h10-15H,5-9H2,1-4H3,(H,26,34)(H,30,35);2*1H. The van der Waals surface area contributed by atoms with Crippen LogP contribution in [0.2, 0.25) is 0 Å². The number of hydrogen-bond donors (Lipinski definition) is 2. The van der Waals surface area contributed by atoms with Gasteiger partial charge in [0.25, 0.3) is 11.8 Å². The van der Waals surface area contributed by atoms with Gasteiger partial charge in [-0.1, -0.05) is 0 Å². The molecular formula is C25H34N8O2S. The fourth-order valence-corrected chi connectivity index (χ4v) is 5.58. The van der Waals surface area contributed by atoms with Crippen LogP contribution in [0.4, 0.5) is 5.69 Å². The van der Waals surface area contributed by atoms with Crippen molar-refractivity contribution in [3.05, 3.63) is 54.0 Å². The molecule has 0 atom stereocenters. The number of fused-ring (bicyclic) bond motifs is 1. The number of aryl methyl sites for hydroxylation is 2. The van der Waals surface area contributed by atoms with E-state index in [9.17, 15) is 9.59 Å². The van der Waals surface area contributed by atoms with E-state index in [0.29, 0.717) is 29.1 Å². The first-order chi connectivity index (χ1) is 17.2. The van der Waals surface area contributed by atoms with Crippen LogP contribution < -0.4 is 10.6 Å². The number of rotatable bonds is 7. The molecule has 2 N–H and O–H groups in total. The normalized spacial score (nSPS) is 15.4. The Morgan fingerprint density at radius 3 is 2.75 bits per heavy atom. The number of carbonyl (C=O) groups is 2. The number of thiazole rings is 1. The molecule has 1 aliphatic heterocycles. The maximum atomic E-state index is 13.1. The molecule has 0 spiro atoms. The third-order valence-electron chi connectivity index (χ3n) is 6.74. The molecule has 10 nitrogen and oxygen atoms in total. The van der Waals surface area contributed by atoms with Gasteiger partial charge in [0.1, 0.15) is 4.83 Å². The van der Waals surface area contributed by atoms with Gasteiger partial charge in [-0.05, 0) is 46.2 Å². The minimum atomic E-state index is -0.307. The van der Waals surface area contributed by atoms with Gasteiger partial charge in [-0.15, -0.1) is 11.3 Å². The molecule has 0 bridgehead atoms. The first kappa shape index (κ1) is 24.1. The maximum Gasteiger partial charge on any atom is 0.260 e. The minimum absolute atomic E-state index is 0. The molecule has 0 unspecified atom stereocenters. The second-order valence-electron chi connectivity index (χ2n) is 9.80. The molecule has 1 saturated heterocycles. The predicted molar refractivity (Wildman–Crippen MR) is 144 cm³/mol. The molecule has 5 rings (SSSR count). The number of nitrogens with zero attached hydrogens (tertiary/aromatic N) is 6. The number of amides is 2. The fraction of sp³-hybridized carbons (Fsp3) is 0.400. The fourth-order valence-electron chi connectivity index (χ4n) is 4.56. The monoisotopic (exact) mass is 510 g/mol. The summed E-state index contributed by atoms with van der Waals surface area (Å²) in [5, 5.41) is 10.2. The lowest BCUT2D eigenvalue weighted by atomic mass is 10.0. The molecule has 0 saturated carbocycles. The highest BCUT2D eigenvalue weighted by atomic mass is 32.1. The van der Waals surface area contributed by atoms with Crippen LogP contribution in [0.15, 0.2) is 37.2 Å². The Balaban J connectivity index is 0.00000200. The quantitative estimate of drug-likeness (QED) is 0.391. The summed E-state index contributed by atoms with van der Waals surface area (Å²) in [4.78, 5) is 38.7. The Morgan fingerprint density at radius 1 is 1.19 bits per heavy atom. The molecule has 192 valence electrons. The number of aromatic nitrogens is 5. The van der Waals surface area contributed by atoms with Crippen LogP contribution >= 0.6 is 11.3 Å². The van der Waals surface area contributed by atoms with Crippen LogP contribution in [-0.2, 0) is 7.05 Å². The molecule has 11 heteroatoms. The summed E-state index contributed by atoms with van der Waals surface area (Å²) in [6, 6.07) is 1.67. The molecule has 0 aromatic carbocycles. The van der Waals surface area contributed by atoms with Crippen molar-refractivity contribution in [3.63, 3.8) is 0 Å². The topological polar surface area (TPSA) is 109 Å².